The van der Waals surface area contributed by atoms with E-state index in [1.807, 2.05) is 6.92 Å². The van der Waals surface area contributed by atoms with Gasteiger partial charge in [0.2, 0.25) is 0 Å². The third-order valence-corrected chi connectivity index (χ3v) is 4.01. The highest BCUT2D eigenvalue weighted by Gasteiger charge is 2.42. The van der Waals surface area contributed by atoms with E-state index in [-0.39, 0.29) is 11.5 Å². The summed E-state index contributed by atoms with van der Waals surface area (Å²) in [5.41, 5.74) is -2.52. The van der Waals surface area contributed by atoms with Gasteiger partial charge in [0.1, 0.15) is 5.82 Å². The standard InChI is InChI=1S/C14H17F4NO/c1-2-9-8-19-6-5-13(9,20)10-3-4-12(15)11(7-10)14(16,17)18/h3-4,7,9,19-20H,2,5-6,8H2,1H3. The maximum Gasteiger partial charge on any atom is 0.419 e. The molecule has 2 rings (SSSR count). The van der Waals surface area contributed by atoms with Crippen LogP contribution in [0.15, 0.2) is 18.2 Å². The van der Waals surface area contributed by atoms with Crippen LogP contribution in [-0.4, -0.2) is 18.2 Å². The fourth-order valence-electron chi connectivity index (χ4n) is 2.80. The quantitative estimate of drug-likeness (QED) is 0.821. The van der Waals surface area contributed by atoms with E-state index < -0.39 is 23.2 Å². The molecule has 0 amide bonds. The van der Waals surface area contributed by atoms with Crippen LogP contribution in [-0.2, 0) is 11.8 Å². The van der Waals surface area contributed by atoms with Gasteiger partial charge in [-0.25, -0.2) is 4.39 Å². The monoisotopic (exact) mass is 291 g/mol. The van der Waals surface area contributed by atoms with Crippen molar-refractivity contribution in [3.63, 3.8) is 0 Å². The molecule has 1 fully saturated rings. The van der Waals surface area contributed by atoms with Gasteiger partial charge in [0.05, 0.1) is 11.2 Å². The number of hydrogen-bond acceptors (Lipinski definition) is 2. The molecule has 0 bridgehead atoms. The molecule has 20 heavy (non-hydrogen) atoms. The smallest absolute Gasteiger partial charge is 0.385 e. The van der Waals surface area contributed by atoms with Crippen molar-refractivity contribution in [2.24, 2.45) is 5.92 Å². The molecule has 1 aliphatic heterocycles. The number of hydrogen-bond donors (Lipinski definition) is 2. The molecule has 1 aromatic carbocycles. The molecule has 2 nitrogen and oxygen atoms in total. The summed E-state index contributed by atoms with van der Waals surface area (Å²) in [6.07, 6.45) is -3.82. The second-order valence-electron chi connectivity index (χ2n) is 5.18. The zero-order chi connectivity index (χ0) is 15.0. The lowest BCUT2D eigenvalue weighted by Gasteiger charge is -2.40. The molecule has 0 saturated carbocycles. The molecular weight excluding hydrogens is 274 g/mol. The first-order valence-electron chi connectivity index (χ1n) is 6.59. The van der Waals surface area contributed by atoms with E-state index in [1.165, 1.54) is 6.07 Å². The van der Waals surface area contributed by atoms with Gasteiger partial charge in [-0.2, -0.15) is 13.2 Å². The van der Waals surface area contributed by atoms with E-state index in [4.69, 9.17) is 0 Å². The average molecular weight is 291 g/mol. The first kappa shape index (κ1) is 15.3. The van der Waals surface area contributed by atoms with Gasteiger partial charge in [-0.05, 0) is 37.1 Å². The number of aliphatic hydroxyl groups is 1. The van der Waals surface area contributed by atoms with Crippen LogP contribution in [0, 0.1) is 11.7 Å². The molecule has 1 heterocycles. The molecule has 6 heteroatoms. The van der Waals surface area contributed by atoms with E-state index >= 15 is 0 Å². The topological polar surface area (TPSA) is 32.3 Å². The average Bonchev–Trinajstić information content (AvgIpc) is 2.38. The van der Waals surface area contributed by atoms with Crippen LogP contribution in [0.2, 0.25) is 0 Å². The van der Waals surface area contributed by atoms with Crippen molar-refractivity contribution >= 4 is 0 Å². The zero-order valence-electron chi connectivity index (χ0n) is 11.1. The third-order valence-electron chi connectivity index (χ3n) is 4.01. The minimum atomic E-state index is -4.76. The summed E-state index contributed by atoms with van der Waals surface area (Å²) in [5, 5.41) is 13.9. The highest BCUT2D eigenvalue weighted by Crippen LogP contribution is 2.40. The lowest BCUT2D eigenvalue weighted by atomic mass is 9.75. The van der Waals surface area contributed by atoms with Crippen LogP contribution in [0.4, 0.5) is 17.6 Å². The van der Waals surface area contributed by atoms with Crippen LogP contribution < -0.4 is 5.32 Å². The predicted octanol–water partition coefficient (Wildman–Crippen LogP) is 3.05. The molecule has 0 radical (unpaired) electrons. The lowest BCUT2D eigenvalue weighted by Crippen LogP contribution is -2.48. The molecule has 0 spiro atoms. The first-order valence-corrected chi connectivity index (χ1v) is 6.59. The Kier molecular flexibility index (Phi) is 4.07. The SMILES string of the molecule is CCC1CNCCC1(O)c1ccc(F)c(C(F)(F)F)c1. The molecule has 0 aromatic heterocycles. The molecule has 1 aromatic rings. The van der Waals surface area contributed by atoms with Crippen molar-refractivity contribution in [1.29, 1.82) is 0 Å². The van der Waals surface area contributed by atoms with Gasteiger partial charge in [0.15, 0.2) is 0 Å². The van der Waals surface area contributed by atoms with Crippen LogP contribution >= 0.6 is 0 Å². The largest absolute Gasteiger partial charge is 0.419 e. The van der Waals surface area contributed by atoms with Crippen LogP contribution in [0.3, 0.4) is 0 Å². The lowest BCUT2D eigenvalue weighted by molar-refractivity contribution is -0.140. The molecule has 0 aliphatic carbocycles. The maximum absolute atomic E-state index is 13.3. The van der Waals surface area contributed by atoms with E-state index in [9.17, 15) is 22.7 Å². The molecule has 2 unspecified atom stereocenters. The summed E-state index contributed by atoms with van der Waals surface area (Å²) in [5.74, 6) is -1.50. The van der Waals surface area contributed by atoms with Gasteiger partial charge in [0, 0.05) is 12.5 Å². The Bertz CT molecular complexity index is 489. The Balaban J connectivity index is 2.46. The molecule has 2 atom stereocenters. The van der Waals surface area contributed by atoms with Gasteiger partial charge in [-0.15, -0.1) is 0 Å². The van der Waals surface area contributed by atoms with Crippen LogP contribution in [0.25, 0.3) is 0 Å². The van der Waals surface area contributed by atoms with Crippen molar-refractivity contribution in [2.45, 2.75) is 31.5 Å². The second kappa shape index (κ2) is 5.33. The minimum absolute atomic E-state index is 0.138. The Labute approximate surface area is 114 Å². The number of nitrogens with one attached hydrogen (secondary N) is 1. The second-order valence-corrected chi connectivity index (χ2v) is 5.18. The summed E-state index contributed by atoms with van der Waals surface area (Å²) in [7, 11) is 0. The van der Waals surface area contributed by atoms with Crippen molar-refractivity contribution in [2.75, 3.05) is 13.1 Å². The summed E-state index contributed by atoms with van der Waals surface area (Å²) in [6.45, 7) is 2.92. The first-order chi connectivity index (χ1) is 9.29. The molecule has 2 N–H and O–H groups in total. The number of alkyl halides is 3. The highest BCUT2D eigenvalue weighted by atomic mass is 19.4. The third kappa shape index (κ3) is 2.67. The van der Waals surface area contributed by atoms with Crippen LogP contribution in [0.5, 0.6) is 0 Å². The Morgan fingerprint density at radius 1 is 1.40 bits per heavy atom. The van der Waals surface area contributed by atoms with Crippen molar-refractivity contribution in [1.82, 2.24) is 5.32 Å². The predicted molar refractivity (Wildman–Crippen MR) is 66.6 cm³/mol. The van der Waals surface area contributed by atoms with Gasteiger partial charge in [-0.3, -0.25) is 0 Å². The number of benzene rings is 1. The minimum Gasteiger partial charge on any atom is -0.385 e. The van der Waals surface area contributed by atoms with E-state index in [1.54, 1.807) is 0 Å². The molecule has 112 valence electrons. The van der Waals surface area contributed by atoms with Crippen molar-refractivity contribution in [3.8, 4) is 0 Å². The van der Waals surface area contributed by atoms with Gasteiger partial charge in [0.25, 0.3) is 0 Å². The summed E-state index contributed by atoms with van der Waals surface area (Å²) < 4.78 is 51.6. The molecular formula is C14H17F4NO. The number of rotatable bonds is 2. The van der Waals surface area contributed by atoms with E-state index in [0.29, 0.717) is 25.9 Å². The van der Waals surface area contributed by atoms with Gasteiger partial charge >= 0.3 is 6.18 Å². The van der Waals surface area contributed by atoms with Crippen molar-refractivity contribution < 1.29 is 22.7 Å². The van der Waals surface area contributed by atoms with E-state index in [2.05, 4.69) is 5.32 Å². The highest BCUT2D eigenvalue weighted by molar-refractivity contribution is 5.32. The summed E-state index contributed by atoms with van der Waals surface area (Å²) in [6, 6.07) is 2.77. The van der Waals surface area contributed by atoms with Gasteiger partial charge < -0.3 is 10.4 Å². The number of piperidine rings is 1. The zero-order valence-corrected chi connectivity index (χ0v) is 11.1. The van der Waals surface area contributed by atoms with E-state index in [0.717, 1.165) is 12.1 Å². The maximum atomic E-state index is 13.3. The fraction of sp³-hybridized carbons (Fsp3) is 0.571. The molecule has 1 aliphatic rings. The summed E-state index contributed by atoms with van der Waals surface area (Å²) in [4.78, 5) is 0. The number of halogens is 4. The fourth-order valence-corrected chi connectivity index (χ4v) is 2.80. The molecule has 1 saturated heterocycles. The van der Waals surface area contributed by atoms with Crippen LogP contribution in [0.1, 0.15) is 30.9 Å². The normalized spacial score (nSPS) is 27.6. The Hall–Kier alpha value is -1.14. The van der Waals surface area contributed by atoms with Gasteiger partial charge in [-0.1, -0.05) is 13.0 Å². The Morgan fingerprint density at radius 2 is 2.10 bits per heavy atom. The van der Waals surface area contributed by atoms with Crippen molar-refractivity contribution in [3.05, 3.63) is 35.1 Å². The summed E-state index contributed by atoms with van der Waals surface area (Å²) >= 11 is 0. The Morgan fingerprint density at radius 3 is 2.70 bits per heavy atom.